The number of hydrogen-bond donors (Lipinski definition) is 2. The molecule has 3 rings (SSSR count). The van der Waals surface area contributed by atoms with E-state index in [1.54, 1.807) is 24.3 Å². The van der Waals surface area contributed by atoms with Crippen LogP contribution >= 0.6 is 0 Å². The van der Waals surface area contributed by atoms with E-state index >= 15 is 0 Å². The van der Waals surface area contributed by atoms with Gasteiger partial charge in [0.1, 0.15) is 17.3 Å². The number of carbonyl (C=O) groups excluding carboxylic acids is 1. The molecule has 2 aromatic carbocycles. The summed E-state index contributed by atoms with van der Waals surface area (Å²) in [6, 6.07) is 14.6. The maximum Gasteiger partial charge on any atom is 0.251 e. The summed E-state index contributed by atoms with van der Waals surface area (Å²) in [7, 11) is 0. The highest BCUT2D eigenvalue weighted by Gasteiger charge is 2.15. The first kappa shape index (κ1) is 16.7. The molecule has 1 aromatic heterocycles. The number of aromatic nitrogens is 3. The Morgan fingerprint density at radius 1 is 1.12 bits per heavy atom. The number of nitrogens with zero attached hydrogens (tertiary/aromatic N) is 2. The molecule has 0 saturated carbocycles. The van der Waals surface area contributed by atoms with Gasteiger partial charge in [-0.1, -0.05) is 12.1 Å². The highest BCUT2D eigenvalue weighted by Crippen LogP contribution is 2.22. The molecular weight excluding hydrogens is 316 g/mol. The van der Waals surface area contributed by atoms with Crippen molar-refractivity contribution in [1.29, 1.82) is 0 Å². The van der Waals surface area contributed by atoms with E-state index < -0.39 is 0 Å². The SMILES string of the molecule is Cc1cccc(Oc2ccc(C(=O)N[C@@H](C)c3n[nH]c(C)n3)cc2)c1. The van der Waals surface area contributed by atoms with Gasteiger partial charge in [-0.2, -0.15) is 5.10 Å². The summed E-state index contributed by atoms with van der Waals surface area (Å²) in [5, 5.41) is 9.71. The van der Waals surface area contributed by atoms with Crippen molar-refractivity contribution >= 4 is 5.91 Å². The van der Waals surface area contributed by atoms with E-state index in [2.05, 4.69) is 20.5 Å². The second-order valence-corrected chi connectivity index (χ2v) is 5.92. The Hall–Kier alpha value is -3.15. The lowest BCUT2D eigenvalue weighted by molar-refractivity contribution is 0.0938. The van der Waals surface area contributed by atoms with E-state index in [4.69, 9.17) is 4.74 Å². The van der Waals surface area contributed by atoms with Crippen molar-refractivity contribution in [2.24, 2.45) is 0 Å². The van der Waals surface area contributed by atoms with Gasteiger partial charge in [0.2, 0.25) is 0 Å². The van der Waals surface area contributed by atoms with Gasteiger partial charge < -0.3 is 10.1 Å². The number of ether oxygens (including phenoxy) is 1. The molecule has 1 atom stereocenters. The molecule has 0 unspecified atom stereocenters. The highest BCUT2D eigenvalue weighted by molar-refractivity contribution is 5.94. The Bertz CT molecular complexity index is 871. The van der Waals surface area contributed by atoms with Crippen molar-refractivity contribution in [1.82, 2.24) is 20.5 Å². The molecule has 2 N–H and O–H groups in total. The molecule has 0 radical (unpaired) electrons. The third-order valence-electron chi connectivity index (χ3n) is 3.69. The lowest BCUT2D eigenvalue weighted by Gasteiger charge is -2.11. The molecule has 6 heteroatoms. The Balaban J connectivity index is 1.64. The fourth-order valence-corrected chi connectivity index (χ4v) is 2.39. The van der Waals surface area contributed by atoms with Crippen molar-refractivity contribution in [2.45, 2.75) is 26.8 Å². The zero-order chi connectivity index (χ0) is 17.8. The monoisotopic (exact) mass is 336 g/mol. The second kappa shape index (κ2) is 7.17. The molecule has 0 bridgehead atoms. The number of amides is 1. The number of nitrogens with one attached hydrogen (secondary N) is 2. The van der Waals surface area contributed by atoms with Crippen LogP contribution in [-0.2, 0) is 0 Å². The number of aromatic amines is 1. The standard InChI is InChI=1S/C19H20N4O2/c1-12-5-4-6-17(11-12)25-16-9-7-15(8-10-16)19(24)20-13(2)18-21-14(3)22-23-18/h4-11,13H,1-3H3,(H,20,24)(H,21,22,23)/t13-/m0/s1. The van der Waals surface area contributed by atoms with Crippen LogP contribution in [0.25, 0.3) is 0 Å². The van der Waals surface area contributed by atoms with Crippen LogP contribution < -0.4 is 10.1 Å². The molecule has 0 aliphatic rings. The first-order chi connectivity index (χ1) is 12.0. The number of carbonyl (C=O) groups is 1. The van der Waals surface area contributed by atoms with Gasteiger partial charge in [-0.05, 0) is 62.7 Å². The molecule has 3 aromatic rings. The molecule has 1 heterocycles. The number of H-pyrrole nitrogens is 1. The minimum Gasteiger partial charge on any atom is -0.457 e. The maximum absolute atomic E-state index is 12.3. The average Bonchev–Trinajstić information content (AvgIpc) is 3.02. The molecule has 0 saturated heterocycles. The topological polar surface area (TPSA) is 79.9 Å². The number of aryl methyl sites for hydroxylation is 2. The molecule has 1 amide bonds. The fourth-order valence-electron chi connectivity index (χ4n) is 2.39. The van der Waals surface area contributed by atoms with Crippen LogP contribution in [0, 0.1) is 13.8 Å². The van der Waals surface area contributed by atoms with Crippen molar-refractivity contribution in [3.8, 4) is 11.5 Å². The summed E-state index contributed by atoms with van der Waals surface area (Å²) < 4.78 is 5.79. The summed E-state index contributed by atoms with van der Waals surface area (Å²) in [5.74, 6) is 2.54. The molecular formula is C19H20N4O2. The van der Waals surface area contributed by atoms with Crippen LogP contribution in [-0.4, -0.2) is 21.1 Å². The number of benzene rings is 2. The Morgan fingerprint density at radius 3 is 2.52 bits per heavy atom. The van der Waals surface area contributed by atoms with Gasteiger partial charge in [-0.15, -0.1) is 0 Å². The summed E-state index contributed by atoms with van der Waals surface area (Å²) in [4.78, 5) is 16.6. The van der Waals surface area contributed by atoms with E-state index in [9.17, 15) is 4.79 Å². The fraction of sp³-hybridized carbons (Fsp3) is 0.211. The molecule has 0 aliphatic carbocycles. The minimum atomic E-state index is -0.277. The molecule has 128 valence electrons. The van der Waals surface area contributed by atoms with E-state index in [1.165, 1.54) is 0 Å². The van der Waals surface area contributed by atoms with Crippen LogP contribution in [0.1, 0.15) is 40.5 Å². The highest BCUT2D eigenvalue weighted by atomic mass is 16.5. The maximum atomic E-state index is 12.3. The summed E-state index contributed by atoms with van der Waals surface area (Å²) in [6.07, 6.45) is 0. The van der Waals surface area contributed by atoms with Crippen molar-refractivity contribution < 1.29 is 9.53 Å². The van der Waals surface area contributed by atoms with Gasteiger partial charge in [-0.25, -0.2) is 4.98 Å². The van der Waals surface area contributed by atoms with Crippen LogP contribution in [0.3, 0.4) is 0 Å². The normalized spacial score (nSPS) is 11.8. The molecule has 0 spiro atoms. The average molecular weight is 336 g/mol. The van der Waals surface area contributed by atoms with Crippen LogP contribution in [0.4, 0.5) is 0 Å². The van der Waals surface area contributed by atoms with Crippen LogP contribution in [0.15, 0.2) is 48.5 Å². The smallest absolute Gasteiger partial charge is 0.251 e. The lowest BCUT2D eigenvalue weighted by Crippen LogP contribution is -2.27. The first-order valence-corrected chi connectivity index (χ1v) is 8.05. The van der Waals surface area contributed by atoms with E-state index in [1.807, 2.05) is 45.0 Å². The van der Waals surface area contributed by atoms with E-state index in [0.29, 0.717) is 23.0 Å². The first-order valence-electron chi connectivity index (χ1n) is 8.05. The molecule has 0 aliphatic heterocycles. The van der Waals surface area contributed by atoms with Crippen LogP contribution in [0.2, 0.25) is 0 Å². The van der Waals surface area contributed by atoms with Crippen molar-refractivity contribution in [2.75, 3.05) is 0 Å². The molecule has 0 fully saturated rings. The third kappa shape index (κ3) is 4.23. The predicted octanol–water partition coefficient (Wildman–Crippen LogP) is 3.70. The molecule has 6 nitrogen and oxygen atoms in total. The van der Waals surface area contributed by atoms with Crippen molar-refractivity contribution in [3.63, 3.8) is 0 Å². The molecule has 25 heavy (non-hydrogen) atoms. The van der Waals surface area contributed by atoms with Gasteiger partial charge in [0.25, 0.3) is 5.91 Å². The van der Waals surface area contributed by atoms with Gasteiger partial charge in [0.05, 0.1) is 6.04 Å². The summed E-state index contributed by atoms with van der Waals surface area (Å²) in [5.41, 5.74) is 1.68. The minimum absolute atomic E-state index is 0.183. The predicted molar refractivity (Wildman–Crippen MR) is 94.7 cm³/mol. The van der Waals surface area contributed by atoms with Gasteiger partial charge in [-0.3, -0.25) is 9.89 Å². The van der Waals surface area contributed by atoms with Crippen molar-refractivity contribution in [3.05, 3.63) is 71.3 Å². The Morgan fingerprint density at radius 2 is 1.88 bits per heavy atom. The van der Waals surface area contributed by atoms with Crippen LogP contribution in [0.5, 0.6) is 11.5 Å². The Labute approximate surface area is 146 Å². The second-order valence-electron chi connectivity index (χ2n) is 5.92. The zero-order valence-electron chi connectivity index (χ0n) is 14.4. The van der Waals surface area contributed by atoms with E-state index in [0.717, 1.165) is 11.3 Å². The number of hydrogen-bond acceptors (Lipinski definition) is 4. The quantitative estimate of drug-likeness (QED) is 0.744. The van der Waals surface area contributed by atoms with E-state index in [-0.39, 0.29) is 11.9 Å². The van der Waals surface area contributed by atoms with Gasteiger partial charge in [0.15, 0.2) is 5.82 Å². The summed E-state index contributed by atoms with van der Waals surface area (Å²) >= 11 is 0. The van der Waals surface area contributed by atoms with Gasteiger partial charge >= 0.3 is 0 Å². The number of rotatable bonds is 5. The van der Waals surface area contributed by atoms with Gasteiger partial charge in [0, 0.05) is 5.56 Å². The summed E-state index contributed by atoms with van der Waals surface area (Å²) in [6.45, 7) is 5.67. The largest absolute Gasteiger partial charge is 0.457 e. The third-order valence-corrected chi connectivity index (χ3v) is 3.69. The zero-order valence-corrected chi connectivity index (χ0v) is 14.4. The lowest BCUT2D eigenvalue weighted by atomic mass is 10.2. The Kier molecular flexibility index (Phi) is 4.79.